The van der Waals surface area contributed by atoms with E-state index in [2.05, 4.69) is 15.8 Å². The monoisotopic (exact) mass is 405 g/mol. The number of hydrogen-bond donors (Lipinski definition) is 2. The lowest BCUT2D eigenvalue weighted by atomic mass is 10.2. The van der Waals surface area contributed by atoms with Crippen molar-refractivity contribution in [1.82, 2.24) is 5.43 Å². The van der Waals surface area contributed by atoms with Gasteiger partial charge in [-0.25, -0.2) is 9.82 Å². The molecule has 152 valence electrons. The van der Waals surface area contributed by atoms with E-state index in [1.165, 1.54) is 30.0 Å². The third-order valence-corrected chi connectivity index (χ3v) is 4.09. The van der Waals surface area contributed by atoms with Crippen LogP contribution in [-0.2, 0) is 16.2 Å². The van der Waals surface area contributed by atoms with E-state index in [1.54, 1.807) is 24.3 Å². The molecule has 0 saturated carbocycles. The number of anilines is 1. The number of amides is 2. The van der Waals surface area contributed by atoms with Crippen LogP contribution < -0.4 is 15.5 Å². The Bertz CT molecular complexity index is 1070. The van der Waals surface area contributed by atoms with Gasteiger partial charge in [-0.05, 0) is 42.3 Å². The number of para-hydroxylation sites is 1. The normalized spacial score (nSPS) is 10.6. The van der Waals surface area contributed by atoms with Gasteiger partial charge in [0.2, 0.25) is 0 Å². The summed E-state index contributed by atoms with van der Waals surface area (Å²) in [6.45, 7) is 2.45. The van der Waals surface area contributed by atoms with Crippen LogP contribution in [0.5, 0.6) is 5.75 Å². The molecule has 2 N–H and O–H groups in total. The summed E-state index contributed by atoms with van der Waals surface area (Å²) in [5.74, 6) is -2.03. The van der Waals surface area contributed by atoms with Crippen molar-refractivity contribution in [2.24, 2.45) is 5.10 Å². The SMILES string of the molecule is Cc1ccc(COc2cccc(/C=N/NC(=O)C(=O)Nc3ccccc3F)c2)cc1. The first kappa shape index (κ1) is 20.7. The average molecular weight is 405 g/mol. The smallest absolute Gasteiger partial charge is 0.329 e. The summed E-state index contributed by atoms with van der Waals surface area (Å²) in [6, 6.07) is 20.7. The van der Waals surface area contributed by atoms with Crippen LogP contribution in [0.4, 0.5) is 10.1 Å². The van der Waals surface area contributed by atoms with Gasteiger partial charge in [0.15, 0.2) is 0 Å². The lowest BCUT2D eigenvalue weighted by molar-refractivity contribution is -0.136. The Kier molecular flexibility index (Phi) is 6.89. The van der Waals surface area contributed by atoms with E-state index in [9.17, 15) is 14.0 Å². The number of rotatable bonds is 6. The number of hydrogen-bond acceptors (Lipinski definition) is 4. The number of aryl methyl sites for hydroxylation is 1. The quantitative estimate of drug-likeness (QED) is 0.372. The second-order valence-corrected chi connectivity index (χ2v) is 6.48. The fourth-order valence-corrected chi connectivity index (χ4v) is 2.49. The molecule has 3 aromatic rings. The molecule has 2 amide bonds. The number of carbonyl (C=O) groups excluding carboxylic acids is 2. The van der Waals surface area contributed by atoms with E-state index in [0.29, 0.717) is 17.9 Å². The molecule has 0 saturated heterocycles. The van der Waals surface area contributed by atoms with Crippen LogP contribution in [0.2, 0.25) is 0 Å². The second kappa shape index (κ2) is 9.97. The molecule has 0 fully saturated rings. The van der Waals surface area contributed by atoms with Crippen molar-refractivity contribution in [2.75, 3.05) is 5.32 Å². The highest BCUT2D eigenvalue weighted by atomic mass is 19.1. The average Bonchev–Trinajstić information content (AvgIpc) is 2.75. The highest BCUT2D eigenvalue weighted by Crippen LogP contribution is 2.15. The third kappa shape index (κ3) is 6.00. The van der Waals surface area contributed by atoms with Crippen LogP contribution in [0.3, 0.4) is 0 Å². The zero-order chi connectivity index (χ0) is 21.3. The summed E-state index contributed by atoms with van der Waals surface area (Å²) in [5, 5.41) is 5.94. The standard InChI is InChI=1S/C23H20FN3O3/c1-16-9-11-17(12-10-16)15-30-19-6-4-5-18(13-19)14-25-27-23(29)22(28)26-21-8-3-2-7-20(21)24/h2-14H,15H2,1H3,(H,26,28)(H,27,29)/b25-14+. The van der Waals surface area contributed by atoms with Gasteiger partial charge in [0.25, 0.3) is 0 Å². The van der Waals surface area contributed by atoms with Crippen molar-refractivity contribution in [1.29, 1.82) is 0 Å². The maximum atomic E-state index is 13.5. The van der Waals surface area contributed by atoms with Gasteiger partial charge in [0.05, 0.1) is 11.9 Å². The summed E-state index contributed by atoms with van der Waals surface area (Å²) in [4.78, 5) is 23.6. The molecule has 0 heterocycles. The van der Waals surface area contributed by atoms with Crippen molar-refractivity contribution < 1.29 is 18.7 Å². The van der Waals surface area contributed by atoms with Crippen LogP contribution in [-0.4, -0.2) is 18.0 Å². The number of benzene rings is 3. The van der Waals surface area contributed by atoms with Gasteiger partial charge in [-0.2, -0.15) is 5.10 Å². The van der Waals surface area contributed by atoms with Gasteiger partial charge in [-0.15, -0.1) is 0 Å². The number of carbonyl (C=O) groups is 2. The van der Waals surface area contributed by atoms with Gasteiger partial charge in [0.1, 0.15) is 18.2 Å². The van der Waals surface area contributed by atoms with E-state index < -0.39 is 17.6 Å². The third-order valence-electron chi connectivity index (χ3n) is 4.09. The number of halogens is 1. The molecule has 0 bridgehead atoms. The van der Waals surface area contributed by atoms with E-state index in [4.69, 9.17) is 4.74 Å². The number of ether oxygens (including phenoxy) is 1. The molecular formula is C23H20FN3O3. The molecule has 0 atom stereocenters. The van der Waals surface area contributed by atoms with Gasteiger partial charge >= 0.3 is 11.8 Å². The van der Waals surface area contributed by atoms with E-state index >= 15 is 0 Å². The number of hydrazone groups is 1. The Hall–Kier alpha value is -4.00. The molecule has 0 unspecified atom stereocenters. The molecular weight excluding hydrogens is 385 g/mol. The second-order valence-electron chi connectivity index (χ2n) is 6.48. The minimum absolute atomic E-state index is 0.0833. The van der Waals surface area contributed by atoms with E-state index in [0.717, 1.165) is 5.56 Å². The van der Waals surface area contributed by atoms with Crippen molar-refractivity contribution in [2.45, 2.75) is 13.5 Å². The summed E-state index contributed by atoms with van der Waals surface area (Å²) in [7, 11) is 0. The Labute approximate surface area is 173 Å². The highest BCUT2D eigenvalue weighted by molar-refractivity contribution is 6.39. The molecule has 0 radical (unpaired) electrons. The van der Waals surface area contributed by atoms with Gasteiger partial charge in [-0.3, -0.25) is 9.59 Å². The largest absolute Gasteiger partial charge is 0.489 e. The molecule has 0 aliphatic heterocycles. The first-order valence-corrected chi connectivity index (χ1v) is 9.18. The van der Waals surface area contributed by atoms with Crippen LogP contribution in [0.15, 0.2) is 77.9 Å². The molecule has 0 aliphatic carbocycles. The summed E-state index contributed by atoms with van der Waals surface area (Å²) >= 11 is 0. The fraction of sp³-hybridized carbons (Fsp3) is 0.0870. The zero-order valence-corrected chi connectivity index (χ0v) is 16.3. The Morgan fingerprint density at radius 1 is 1.00 bits per heavy atom. The first-order valence-electron chi connectivity index (χ1n) is 9.18. The molecule has 3 rings (SSSR count). The lowest BCUT2D eigenvalue weighted by Crippen LogP contribution is -2.32. The fourth-order valence-electron chi connectivity index (χ4n) is 2.49. The van der Waals surface area contributed by atoms with E-state index in [-0.39, 0.29) is 5.69 Å². The van der Waals surface area contributed by atoms with Crippen molar-refractivity contribution in [3.63, 3.8) is 0 Å². The zero-order valence-electron chi connectivity index (χ0n) is 16.3. The summed E-state index contributed by atoms with van der Waals surface area (Å²) < 4.78 is 19.3. The number of nitrogens with zero attached hydrogens (tertiary/aromatic N) is 1. The maximum absolute atomic E-state index is 13.5. The van der Waals surface area contributed by atoms with Crippen molar-refractivity contribution >= 4 is 23.7 Å². The van der Waals surface area contributed by atoms with Gasteiger partial charge < -0.3 is 10.1 Å². The van der Waals surface area contributed by atoms with Crippen LogP contribution in [0.25, 0.3) is 0 Å². The topological polar surface area (TPSA) is 79.8 Å². The van der Waals surface area contributed by atoms with Gasteiger partial charge in [0, 0.05) is 0 Å². The molecule has 0 spiro atoms. The summed E-state index contributed by atoms with van der Waals surface area (Å²) in [5.41, 5.74) is 4.93. The first-order chi connectivity index (χ1) is 14.5. The van der Waals surface area contributed by atoms with Crippen LogP contribution in [0.1, 0.15) is 16.7 Å². The minimum Gasteiger partial charge on any atom is -0.489 e. The Balaban J connectivity index is 1.52. The van der Waals surface area contributed by atoms with Crippen LogP contribution >= 0.6 is 0 Å². The highest BCUT2D eigenvalue weighted by Gasteiger charge is 2.14. The Morgan fingerprint density at radius 2 is 1.77 bits per heavy atom. The van der Waals surface area contributed by atoms with Crippen molar-refractivity contribution in [3.8, 4) is 5.75 Å². The van der Waals surface area contributed by atoms with Crippen LogP contribution in [0, 0.1) is 12.7 Å². The predicted octanol–water partition coefficient (Wildman–Crippen LogP) is 3.80. The molecule has 0 aliphatic rings. The summed E-state index contributed by atoms with van der Waals surface area (Å²) in [6.07, 6.45) is 1.38. The lowest BCUT2D eigenvalue weighted by Gasteiger charge is -2.07. The molecule has 0 aromatic heterocycles. The molecule has 7 heteroatoms. The van der Waals surface area contributed by atoms with E-state index in [1.807, 2.05) is 37.3 Å². The van der Waals surface area contributed by atoms with Gasteiger partial charge in [-0.1, -0.05) is 54.1 Å². The predicted molar refractivity (Wildman–Crippen MR) is 113 cm³/mol. The number of nitrogens with one attached hydrogen (secondary N) is 2. The molecule has 6 nitrogen and oxygen atoms in total. The minimum atomic E-state index is -1.02. The molecule has 3 aromatic carbocycles. The maximum Gasteiger partial charge on any atom is 0.329 e. The molecule has 30 heavy (non-hydrogen) atoms. The van der Waals surface area contributed by atoms with Crippen molar-refractivity contribution in [3.05, 3.63) is 95.3 Å². The Morgan fingerprint density at radius 3 is 2.53 bits per heavy atom.